The summed E-state index contributed by atoms with van der Waals surface area (Å²) in [6.45, 7) is 0.298. The van der Waals surface area contributed by atoms with E-state index in [0.29, 0.717) is 12.6 Å². The van der Waals surface area contributed by atoms with Crippen molar-refractivity contribution in [3.8, 4) is 0 Å². The summed E-state index contributed by atoms with van der Waals surface area (Å²) in [5.41, 5.74) is -0.773. The van der Waals surface area contributed by atoms with Crippen LogP contribution in [0.4, 0.5) is 14.5 Å². The standard InChI is InChI=1S/C13H15F2N3O3/c14-10-6-11(15)12(18(20)21)5-8(10)7-16-4-3-13(19)17-9-1-2-9/h5-6,9,16H,1-4,7H2,(H,17,19). The highest BCUT2D eigenvalue weighted by molar-refractivity contribution is 5.76. The predicted molar refractivity (Wildman–Crippen MR) is 70.5 cm³/mol. The van der Waals surface area contributed by atoms with E-state index in [4.69, 9.17) is 0 Å². The van der Waals surface area contributed by atoms with Crippen LogP contribution in [0, 0.1) is 21.7 Å². The SMILES string of the molecule is O=C(CCNCc1cc([N+](=O)[O-])c(F)cc1F)NC1CC1. The molecule has 0 spiro atoms. The van der Waals surface area contributed by atoms with Crippen molar-refractivity contribution in [3.05, 3.63) is 39.4 Å². The maximum absolute atomic E-state index is 13.5. The van der Waals surface area contributed by atoms with Crippen molar-refractivity contribution >= 4 is 11.6 Å². The lowest BCUT2D eigenvalue weighted by Crippen LogP contribution is -2.29. The van der Waals surface area contributed by atoms with Gasteiger partial charge in [-0.15, -0.1) is 0 Å². The lowest BCUT2D eigenvalue weighted by atomic mass is 10.1. The second-order valence-electron chi connectivity index (χ2n) is 4.92. The molecular formula is C13H15F2N3O3. The molecule has 0 aliphatic heterocycles. The van der Waals surface area contributed by atoms with Gasteiger partial charge in [-0.05, 0) is 12.8 Å². The molecule has 1 fully saturated rings. The van der Waals surface area contributed by atoms with Gasteiger partial charge < -0.3 is 10.6 Å². The van der Waals surface area contributed by atoms with Crippen molar-refractivity contribution in [1.82, 2.24) is 10.6 Å². The molecule has 0 bridgehead atoms. The Bertz CT molecular complexity index is 562. The Hall–Kier alpha value is -2.09. The molecule has 6 nitrogen and oxygen atoms in total. The average molecular weight is 299 g/mol. The maximum atomic E-state index is 13.5. The van der Waals surface area contributed by atoms with Crippen LogP contribution in [0.15, 0.2) is 12.1 Å². The van der Waals surface area contributed by atoms with Crippen LogP contribution < -0.4 is 10.6 Å². The smallest absolute Gasteiger partial charge is 0.305 e. The fourth-order valence-electron chi connectivity index (χ4n) is 1.81. The van der Waals surface area contributed by atoms with Crippen LogP contribution in [0.25, 0.3) is 0 Å². The van der Waals surface area contributed by atoms with Crippen LogP contribution in [0.2, 0.25) is 0 Å². The molecule has 0 atom stereocenters. The van der Waals surface area contributed by atoms with Crippen molar-refractivity contribution < 1.29 is 18.5 Å². The topological polar surface area (TPSA) is 84.3 Å². The number of benzene rings is 1. The molecule has 1 aromatic rings. The van der Waals surface area contributed by atoms with Crippen molar-refractivity contribution in [2.24, 2.45) is 0 Å². The summed E-state index contributed by atoms with van der Waals surface area (Å²) in [7, 11) is 0. The summed E-state index contributed by atoms with van der Waals surface area (Å²) in [6, 6.07) is 1.64. The summed E-state index contributed by atoms with van der Waals surface area (Å²) in [5, 5.41) is 16.2. The summed E-state index contributed by atoms with van der Waals surface area (Å²) in [5.74, 6) is -2.14. The minimum Gasteiger partial charge on any atom is -0.353 e. The Morgan fingerprint density at radius 3 is 2.67 bits per heavy atom. The lowest BCUT2D eigenvalue weighted by Gasteiger charge is -2.07. The number of halogens is 2. The zero-order valence-corrected chi connectivity index (χ0v) is 11.2. The Labute approximate surface area is 119 Å². The molecule has 0 unspecified atom stereocenters. The van der Waals surface area contributed by atoms with Gasteiger partial charge in [0.25, 0.3) is 0 Å². The number of hydrogen-bond acceptors (Lipinski definition) is 4. The van der Waals surface area contributed by atoms with Crippen molar-refractivity contribution in [2.45, 2.75) is 31.8 Å². The van der Waals surface area contributed by atoms with Crippen LogP contribution in [0.5, 0.6) is 0 Å². The van der Waals surface area contributed by atoms with Gasteiger partial charge >= 0.3 is 5.69 Å². The first-order chi connectivity index (χ1) is 9.97. The van der Waals surface area contributed by atoms with E-state index in [-0.39, 0.29) is 30.5 Å². The van der Waals surface area contributed by atoms with Crippen molar-refractivity contribution in [2.75, 3.05) is 6.54 Å². The quantitative estimate of drug-likeness (QED) is 0.455. The number of rotatable bonds is 7. The molecule has 1 aliphatic rings. The predicted octanol–water partition coefficient (Wildman–Crippen LogP) is 1.63. The minimum atomic E-state index is -1.20. The summed E-state index contributed by atoms with van der Waals surface area (Å²) in [4.78, 5) is 21.1. The molecule has 1 amide bonds. The molecule has 2 rings (SSSR count). The highest BCUT2D eigenvalue weighted by atomic mass is 19.1. The third kappa shape index (κ3) is 4.45. The lowest BCUT2D eigenvalue weighted by molar-refractivity contribution is -0.387. The largest absolute Gasteiger partial charge is 0.353 e. The van der Waals surface area contributed by atoms with E-state index in [9.17, 15) is 23.7 Å². The third-order valence-corrected chi connectivity index (χ3v) is 3.10. The van der Waals surface area contributed by atoms with E-state index >= 15 is 0 Å². The normalized spacial score (nSPS) is 14.0. The maximum Gasteiger partial charge on any atom is 0.305 e. The van der Waals surface area contributed by atoms with E-state index in [0.717, 1.165) is 18.9 Å². The Kier molecular flexibility index (Phi) is 4.79. The highest BCUT2D eigenvalue weighted by Crippen LogP contribution is 2.21. The molecule has 21 heavy (non-hydrogen) atoms. The summed E-state index contributed by atoms with van der Waals surface area (Å²) < 4.78 is 26.6. The molecular weight excluding hydrogens is 284 g/mol. The zero-order valence-electron chi connectivity index (χ0n) is 11.2. The summed E-state index contributed by atoms with van der Waals surface area (Å²) in [6.07, 6.45) is 2.24. The number of amides is 1. The number of nitrogens with one attached hydrogen (secondary N) is 2. The molecule has 1 aliphatic carbocycles. The molecule has 1 aromatic carbocycles. The number of carbonyl (C=O) groups excluding carboxylic acids is 1. The second-order valence-corrected chi connectivity index (χ2v) is 4.92. The van der Waals surface area contributed by atoms with Crippen molar-refractivity contribution in [3.63, 3.8) is 0 Å². The average Bonchev–Trinajstić information content (AvgIpc) is 3.20. The molecule has 0 saturated heterocycles. The number of nitro groups is 1. The fourth-order valence-corrected chi connectivity index (χ4v) is 1.81. The van der Waals surface area contributed by atoms with E-state index in [1.807, 2.05) is 0 Å². The number of hydrogen-bond donors (Lipinski definition) is 2. The molecule has 8 heteroatoms. The van der Waals surface area contributed by atoms with Gasteiger partial charge in [0.05, 0.1) is 4.92 Å². The minimum absolute atomic E-state index is 0.00861. The molecule has 0 heterocycles. The Morgan fingerprint density at radius 2 is 2.05 bits per heavy atom. The Balaban J connectivity index is 1.83. The number of carbonyl (C=O) groups is 1. The first-order valence-corrected chi connectivity index (χ1v) is 6.59. The van der Waals surface area contributed by atoms with Crippen LogP contribution in [0.1, 0.15) is 24.8 Å². The van der Waals surface area contributed by atoms with E-state index in [2.05, 4.69) is 10.6 Å². The highest BCUT2D eigenvalue weighted by Gasteiger charge is 2.22. The van der Waals surface area contributed by atoms with E-state index in [1.54, 1.807) is 0 Å². The van der Waals surface area contributed by atoms with Gasteiger partial charge in [-0.1, -0.05) is 0 Å². The van der Waals surface area contributed by atoms with E-state index < -0.39 is 22.2 Å². The van der Waals surface area contributed by atoms with Gasteiger partial charge in [0.2, 0.25) is 11.7 Å². The zero-order chi connectivity index (χ0) is 15.4. The second kappa shape index (κ2) is 6.57. The van der Waals surface area contributed by atoms with Gasteiger partial charge in [0.1, 0.15) is 5.82 Å². The van der Waals surface area contributed by atoms with E-state index in [1.165, 1.54) is 0 Å². The summed E-state index contributed by atoms with van der Waals surface area (Å²) >= 11 is 0. The van der Waals surface area contributed by atoms with Gasteiger partial charge in [-0.3, -0.25) is 14.9 Å². The van der Waals surface area contributed by atoms with Gasteiger partial charge in [0.15, 0.2) is 0 Å². The fraction of sp³-hybridized carbons (Fsp3) is 0.462. The van der Waals surface area contributed by atoms with Gasteiger partial charge in [-0.25, -0.2) is 4.39 Å². The van der Waals surface area contributed by atoms with Gasteiger partial charge in [0, 0.05) is 43.2 Å². The van der Waals surface area contributed by atoms with Crippen LogP contribution in [-0.4, -0.2) is 23.4 Å². The molecule has 114 valence electrons. The first-order valence-electron chi connectivity index (χ1n) is 6.59. The Morgan fingerprint density at radius 1 is 1.33 bits per heavy atom. The first kappa shape index (κ1) is 15.3. The third-order valence-electron chi connectivity index (χ3n) is 3.10. The number of nitro benzene ring substituents is 1. The number of nitrogens with zero attached hydrogens (tertiary/aromatic N) is 1. The molecule has 2 N–H and O–H groups in total. The monoisotopic (exact) mass is 299 g/mol. The van der Waals surface area contributed by atoms with Crippen LogP contribution in [-0.2, 0) is 11.3 Å². The molecule has 1 saturated carbocycles. The van der Waals surface area contributed by atoms with Gasteiger partial charge in [-0.2, -0.15) is 4.39 Å². The van der Waals surface area contributed by atoms with Crippen LogP contribution >= 0.6 is 0 Å². The molecule has 0 radical (unpaired) electrons. The molecule has 0 aromatic heterocycles. The van der Waals surface area contributed by atoms with Crippen molar-refractivity contribution in [1.29, 1.82) is 0 Å². The van der Waals surface area contributed by atoms with Crippen LogP contribution in [0.3, 0.4) is 0 Å².